The third-order valence-corrected chi connectivity index (χ3v) is 3.66. The van der Waals surface area contributed by atoms with Gasteiger partial charge in [-0.2, -0.15) is 0 Å². The van der Waals surface area contributed by atoms with E-state index in [0.717, 1.165) is 56.1 Å². The Morgan fingerprint density at radius 1 is 1.14 bits per heavy atom. The Hall–Kier alpha value is -1.71. The quantitative estimate of drug-likeness (QED) is 0.409. The highest BCUT2D eigenvalue weighted by atomic mass is 16.7. The van der Waals surface area contributed by atoms with Crippen molar-refractivity contribution in [2.75, 3.05) is 0 Å². The summed E-state index contributed by atoms with van der Waals surface area (Å²) in [5, 5.41) is 19.2. The van der Waals surface area contributed by atoms with Crippen molar-refractivity contribution in [1.29, 1.82) is 0 Å². The SMILES string of the molecule is CCCCCc1cc(C)c(OC(=O)O)c(O)c1CCCC. The molecule has 0 aliphatic carbocycles. The van der Waals surface area contributed by atoms with Crippen molar-refractivity contribution in [3.05, 3.63) is 22.8 Å². The molecule has 0 saturated heterocycles. The molecule has 4 heteroatoms. The predicted octanol–water partition coefficient (Wildman–Crippen LogP) is 4.83. The number of benzene rings is 1. The fraction of sp³-hybridized carbons (Fsp3) is 0.588. The van der Waals surface area contributed by atoms with Crippen LogP contribution in [-0.4, -0.2) is 16.4 Å². The van der Waals surface area contributed by atoms with Crippen LogP contribution in [0.1, 0.15) is 62.6 Å². The van der Waals surface area contributed by atoms with Crippen LogP contribution in [0.3, 0.4) is 0 Å². The molecule has 2 N–H and O–H groups in total. The number of unbranched alkanes of at least 4 members (excludes halogenated alkanes) is 3. The van der Waals surface area contributed by atoms with E-state index >= 15 is 0 Å². The normalized spacial score (nSPS) is 10.6. The Balaban J connectivity index is 3.13. The first-order valence-electron chi connectivity index (χ1n) is 7.76. The van der Waals surface area contributed by atoms with Crippen LogP contribution in [-0.2, 0) is 12.8 Å². The van der Waals surface area contributed by atoms with E-state index < -0.39 is 6.16 Å². The van der Waals surface area contributed by atoms with E-state index in [2.05, 4.69) is 13.8 Å². The van der Waals surface area contributed by atoms with Crippen molar-refractivity contribution in [3.8, 4) is 11.5 Å². The molecule has 0 heterocycles. The van der Waals surface area contributed by atoms with Crippen LogP contribution in [0.5, 0.6) is 11.5 Å². The van der Waals surface area contributed by atoms with E-state index in [1.807, 2.05) is 6.07 Å². The van der Waals surface area contributed by atoms with Crippen LogP contribution in [0.4, 0.5) is 4.79 Å². The lowest BCUT2D eigenvalue weighted by atomic mass is 9.94. The Kier molecular flexibility index (Phi) is 7.06. The standard InChI is InChI=1S/C17H26O4/c1-4-6-8-9-13-11-12(3)16(21-17(19)20)15(18)14(13)10-7-5-2/h11,18H,4-10H2,1-3H3,(H,19,20). The lowest BCUT2D eigenvalue weighted by Crippen LogP contribution is -2.07. The highest BCUT2D eigenvalue weighted by molar-refractivity contribution is 5.66. The molecule has 0 bridgehead atoms. The number of hydrogen-bond donors (Lipinski definition) is 2. The molecule has 118 valence electrons. The fourth-order valence-corrected chi connectivity index (χ4v) is 2.53. The van der Waals surface area contributed by atoms with Gasteiger partial charge in [-0.25, -0.2) is 4.79 Å². The van der Waals surface area contributed by atoms with Crippen molar-refractivity contribution in [1.82, 2.24) is 0 Å². The van der Waals surface area contributed by atoms with Gasteiger partial charge in [0.2, 0.25) is 0 Å². The number of ether oxygens (including phenoxy) is 1. The summed E-state index contributed by atoms with van der Waals surface area (Å²) in [5.41, 5.74) is 2.63. The van der Waals surface area contributed by atoms with Gasteiger partial charge < -0.3 is 14.9 Å². The van der Waals surface area contributed by atoms with Gasteiger partial charge in [0.25, 0.3) is 0 Å². The molecule has 0 aliphatic rings. The van der Waals surface area contributed by atoms with E-state index in [0.29, 0.717) is 5.56 Å². The topological polar surface area (TPSA) is 66.8 Å². The predicted molar refractivity (Wildman–Crippen MR) is 83.3 cm³/mol. The van der Waals surface area contributed by atoms with Crippen LogP contribution in [0, 0.1) is 6.92 Å². The van der Waals surface area contributed by atoms with Crippen molar-refractivity contribution in [2.45, 2.75) is 65.7 Å². The third-order valence-electron chi connectivity index (χ3n) is 3.66. The molecule has 1 aromatic rings. The van der Waals surface area contributed by atoms with Crippen LogP contribution >= 0.6 is 0 Å². The monoisotopic (exact) mass is 294 g/mol. The Labute approximate surface area is 126 Å². The van der Waals surface area contributed by atoms with Crippen molar-refractivity contribution < 1.29 is 19.7 Å². The number of carbonyl (C=O) groups is 1. The summed E-state index contributed by atoms with van der Waals surface area (Å²) in [4.78, 5) is 10.8. The van der Waals surface area contributed by atoms with E-state index in [1.54, 1.807) is 6.92 Å². The molecule has 0 aliphatic heterocycles. The molecule has 21 heavy (non-hydrogen) atoms. The van der Waals surface area contributed by atoms with Gasteiger partial charge in [0.05, 0.1) is 0 Å². The Morgan fingerprint density at radius 2 is 1.81 bits per heavy atom. The molecule has 1 rings (SSSR count). The smallest absolute Gasteiger partial charge is 0.504 e. The van der Waals surface area contributed by atoms with E-state index in [9.17, 15) is 9.90 Å². The minimum atomic E-state index is -1.39. The van der Waals surface area contributed by atoms with Gasteiger partial charge in [0, 0.05) is 5.56 Å². The Bertz CT molecular complexity index is 480. The summed E-state index contributed by atoms with van der Waals surface area (Å²) in [7, 11) is 0. The maximum Gasteiger partial charge on any atom is 0.511 e. The summed E-state index contributed by atoms with van der Waals surface area (Å²) in [5.74, 6) is 0.0743. The Morgan fingerprint density at radius 3 is 2.38 bits per heavy atom. The minimum Gasteiger partial charge on any atom is -0.504 e. The summed E-state index contributed by atoms with van der Waals surface area (Å²) in [6.07, 6.45) is 5.63. The summed E-state index contributed by atoms with van der Waals surface area (Å²) in [6.45, 7) is 6.02. The molecule has 0 atom stereocenters. The second-order valence-corrected chi connectivity index (χ2v) is 5.44. The van der Waals surface area contributed by atoms with Crippen LogP contribution in [0.2, 0.25) is 0 Å². The first-order valence-corrected chi connectivity index (χ1v) is 7.76. The highest BCUT2D eigenvalue weighted by Gasteiger charge is 2.18. The van der Waals surface area contributed by atoms with Crippen molar-refractivity contribution in [2.24, 2.45) is 0 Å². The molecule has 0 radical (unpaired) electrons. The first-order chi connectivity index (χ1) is 10.0. The van der Waals surface area contributed by atoms with Gasteiger partial charge in [0.15, 0.2) is 11.5 Å². The number of rotatable bonds is 8. The van der Waals surface area contributed by atoms with Crippen molar-refractivity contribution >= 4 is 6.16 Å². The average molecular weight is 294 g/mol. The molecule has 4 nitrogen and oxygen atoms in total. The number of phenolic OH excluding ortho intramolecular Hbond substituents is 1. The summed E-state index contributed by atoms with van der Waals surface area (Å²) >= 11 is 0. The lowest BCUT2D eigenvalue weighted by Gasteiger charge is -2.16. The summed E-state index contributed by atoms with van der Waals surface area (Å²) in [6, 6.07) is 1.96. The molecule has 1 aromatic carbocycles. The van der Waals surface area contributed by atoms with Gasteiger partial charge in [-0.15, -0.1) is 0 Å². The minimum absolute atomic E-state index is 0.00246. The number of aromatic hydroxyl groups is 1. The fourth-order valence-electron chi connectivity index (χ4n) is 2.53. The van der Waals surface area contributed by atoms with E-state index in [4.69, 9.17) is 9.84 Å². The van der Waals surface area contributed by atoms with Gasteiger partial charge >= 0.3 is 6.16 Å². The van der Waals surface area contributed by atoms with Gasteiger partial charge in [-0.3, -0.25) is 0 Å². The van der Waals surface area contributed by atoms with E-state index in [-0.39, 0.29) is 11.5 Å². The number of hydrogen-bond acceptors (Lipinski definition) is 3. The number of aryl methyl sites for hydroxylation is 2. The molecule has 0 fully saturated rings. The summed E-state index contributed by atoms with van der Waals surface area (Å²) < 4.78 is 4.74. The van der Waals surface area contributed by atoms with Gasteiger partial charge in [-0.1, -0.05) is 39.2 Å². The molecule has 0 spiro atoms. The van der Waals surface area contributed by atoms with Crippen LogP contribution < -0.4 is 4.74 Å². The maximum atomic E-state index is 10.8. The van der Waals surface area contributed by atoms with Crippen molar-refractivity contribution in [3.63, 3.8) is 0 Å². The molecule has 0 amide bonds. The lowest BCUT2D eigenvalue weighted by molar-refractivity contribution is 0.142. The van der Waals surface area contributed by atoms with Crippen LogP contribution in [0.25, 0.3) is 0 Å². The average Bonchev–Trinajstić information content (AvgIpc) is 2.43. The molecular formula is C17H26O4. The number of phenols is 1. The zero-order valence-corrected chi connectivity index (χ0v) is 13.2. The second kappa shape index (κ2) is 8.55. The first kappa shape index (κ1) is 17.3. The third kappa shape index (κ3) is 4.96. The van der Waals surface area contributed by atoms with Gasteiger partial charge in [-0.05, 0) is 43.7 Å². The maximum absolute atomic E-state index is 10.8. The molecule has 0 unspecified atom stereocenters. The second-order valence-electron chi connectivity index (χ2n) is 5.44. The largest absolute Gasteiger partial charge is 0.511 e. The molecular weight excluding hydrogens is 268 g/mol. The molecule has 0 aromatic heterocycles. The van der Waals surface area contributed by atoms with E-state index in [1.165, 1.54) is 0 Å². The highest BCUT2D eigenvalue weighted by Crippen LogP contribution is 2.37. The number of carboxylic acid groups (broad SMARTS) is 1. The zero-order valence-electron chi connectivity index (χ0n) is 13.2. The zero-order chi connectivity index (χ0) is 15.8. The molecule has 0 saturated carbocycles. The van der Waals surface area contributed by atoms with Crippen LogP contribution in [0.15, 0.2) is 6.07 Å². The van der Waals surface area contributed by atoms with Gasteiger partial charge in [0.1, 0.15) is 0 Å².